The molecule has 0 bridgehead atoms. The van der Waals surface area contributed by atoms with Crippen LogP contribution in [0.2, 0.25) is 0 Å². The van der Waals surface area contributed by atoms with Crippen molar-refractivity contribution >= 4 is 17.5 Å². The van der Waals surface area contributed by atoms with E-state index in [1.807, 2.05) is 0 Å². The molecule has 0 saturated carbocycles. The van der Waals surface area contributed by atoms with Crippen molar-refractivity contribution < 1.29 is 18.8 Å². The highest BCUT2D eigenvalue weighted by Gasteiger charge is 2.26. The third-order valence-electron chi connectivity index (χ3n) is 4.04. The number of nitro benzene ring substituents is 1. The van der Waals surface area contributed by atoms with E-state index in [9.17, 15) is 19.3 Å². The van der Waals surface area contributed by atoms with Crippen LogP contribution in [-0.4, -0.2) is 31.6 Å². The minimum atomic E-state index is -0.815. The Bertz CT molecular complexity index is 1100. The fraction of sp³-hybridized carbons (Fsp3) is 0.238. The number of aromatic nitrogens is 3. The van der Waals surface area contributed by atoms with Gasteiger partial charge in [0.1, 0.15) is 11.4 Å². The summed E-state index contributed by atoms with van der Waals surface area (Å²) in [6.07, 6.45) is 5.32. The first kappa shape index (κ1) is 21.8. The van der Waals surface area contributed by atoms with E-state index in [-0.39, 0.29) is 17.8 Å². The van der Waals surface area contributed by atoms with E-state index in [0.717, 1.165) is 23.1 Å². The summed E-state index contributed by atoms with van der Waals surface area (Å²) in [4.78, 5) is 37.0. The van der Waals surface area contributed by atoms with Gasteiger partial charge in [-0.25, -0.2) is 19.2 Å². The molecule has 3 rings (SSSR count). The maximum atomic E-state index is 14.4. The number of hydrogen-bond donors (Lipinski definition) is 0. The van der Waals surface area contributed by atoms with Gasteiger partial charge >= 0.3 is 6.09 Å². The molecule has 0 fully saturated rings. The van der Waals surface area contributed by atoms with Crippen molar-refractivity contribution in [1.29, 1.82) is 0 Å². The Morgan fingerprint density at radius 3 is 2.55 bits per heavy atom. The van der Waals surface area contributed by atoms with Gasteiger partial charge in [0, 0.05) is 41.9 Å². The van der Waals surface area contributed by atoms with Crippen LogP contribution in [0.5, 0.6) is 0 Å². The third kappa shape index (κ3) is 5.56. The van der Waals surface area contributed by atoms with Crippen molar-refractivity contribution in [2.24, 2.45) is 0 Å². The van der Waals surface area contributed by atoms with Crippen LogP contribution >= 0.6 is 0 Å². The molecule has 0 atom stereocenters. The van der Waals surface area contributed by atoms with Gasteiger partial charge in [-0.05, 0) is 39.0 Å². The summed E-state index contributed by atoms with van der Waals surface area (Å²) in [7, 11) is 0. The summed E-state index contributed by atoms with van der Waals surface area (Å²) in [6, 6.07) is 6.42. The second kappa shape index (κ2) is 8.82. The highest BCUT2D eigenvalue weighted by atomic mass is 19.1. The molecule has 0 spiro atoms. The molecule has 0 aliphatic heterocycles. The van der Waals surface area contributed by atoms with Crippen molar-refractivity contribution in [3.8, 4) is 11.4 Å². The zero-order chi connectivity index (χ0) is 22.6. The van der Waals surface area contributed by atoms with Gasteiger partial charge in [-0.3, -0.25) is 20.0 Å². The molecule has 1 aromatic carbocycles. The summed E-state index contributed by atoms with van der Waals surface area (Å²) in [5, 5.41) is 11.1. The highest BCUT2D eigenvalue weighted by Crippen LogP contribution is 2.26. The molecule has 10 heteroatoms. The van der Waals surface area contributed by atoms with E-state index in [4.69, 9.17) is 4.74 Å². The molecule has 0 unspecified atom stereocenters. The number of non-ortho nitro benzene ring substituents is 1. The zero-order valence-electron chi connectivity index (χ0n) is 17.2. The van der Waals surface area contributed by atoms with Crippen LogP contribution in [0.1, 0.15) is 26.3 Å². The summed E-state index contributed by atoms with van der Waals surface area (Å²) >= 11 is 0. The molecule has 2 heterocycles. The first-order valence-electron chi connectivity index (χ1n) is 9.30. The minimum absolute atomic E-state index is 0.0403. The van der Waals surface area contributed by atoms with Gasteiger partial charge in [-0.15, -0.1) is 0 Å². The van der Waals surface area contributed by atoms with Crippen LogP contribution in [0.25, 0.3) is 11.4 Å². The van der Waals surface area contributed by atoms with Crippen LogP contribution in [-0.2, 0) is 11.3 Å². The maximum absolute atomic E-state index is 14.4. The lowest BCUT2D eigenvalue weighted by molar-refractivity contribution is -0.385. The normalized spacial score (nSPS) is 11.1. The molecule has 0 aliphatic carbocycles. The second-order valence-corrected chi connectivity index (χ2v) is 7.60. The topological polar surface area (TPSA) is 111 Å². The molecule has 0 aliphatic rings. The molecule has 1 amide bonds. The number of benzene rings is 1. The standard InChI is InChI=1S/C21H20FN5O4/c1-21(2,3)31-20(28)26(13-15-10-16(27(29)30)5-6-18(15)22)17-9-14(11-23-12-17)19-24-7-4-8-25-19/h4-12H,13H2,1-3H3. The Hall–Kier alpha value is -3.95. The van der Waals surface area contributed by atoms with Crippen LogP contribution < -0.4 is 4.90 Å². The Labute approximate surface area is 177 Å². The molecule has 0 N–H and O–H groups in total. The minimum Gasteiger partial charge on any atom is -0.443 e. The maximum Gasteiger partial charge on any atom is 0.415 e. The Morgan fingerprint density at radius 2 is 1.90 bits per heavy atom. The van der Waals surface area contributed by atoms with Gasteiger partial charge in [0.15, 0.2) is 5.82 Å². The fourth-order valence-electron chi connectivity index (χ4n) is 2.69. The Morgan fingerprint density at radius 1 is 1.19 bits per heavy atom. The molecule has 160 valence electrons. The lowest BCUT2D eigenvalue weighted by Crippen LogP contribution is -2.36. The molecule has 2 aromatic heterocycles. The number of carbonyl (C=O) groups excluding carboxylic acids is 1. The van der Waals surface area contributed by atoms with Gasteiger partial charge < -0.3 is 4.74 Å². The third-order valence-corrected chi connectivity index (χ3v) is 4.04. The second-order valence-electron chi connectivity index (χ2n) is 7.60. The van der Waals surface area contributed by atoms with Crippen LogP contribution in [0.4, 0.5) is 20.6 Å². The number of halogens is 1. The molecule has 31 heavy (non-hydrogen) atoms. The monoisotopic (exact) mass is 425 g/mol. The Kier molecular flexibility index (Phi) is 6.19. The number of rotatable bonds is 5. The highest BCUT2D eigenvalue weighted by molar-refractivity contribution is 5.88. The lowest BCUT2D eigenvalue weighted by Gasteiger charge is -2.27. The summed E-state index contributed by atoms with van der Waals surface area (Å²) in [6.45, 7) is 4.79. The van der Waals surface area contributed by atoms with Gasteiger partial charge in [-0.1, -0.05) is 0 Å². The molecule has 0 radical (unpaired) electrons. The van der Waals surface area contributed by atoms with E-state index in [2.05, 4.69) is 15.0 Å². The molecule has 0 saturated heterocycles. The van der Waals surface area contributed by atoms with E-state index in [0.29, 0.717) is 17.1 Å². The number of anilines is 1. The van der Waals surface area contributed by atoms with Crippen molar-refractivity contribution in [2.75, 3.05) is 4.90 Å². The van der Waals surface area contributed by atoms with Gasteiger partial charge in [0.25, 0.3) is 5.69 Å². The number of hydrogen-bond acceptors (Lipinski definition) is 7. The number of pyridine rings is 1. The number of nitro groups is 1. The number of amides is 1. The van der Waals surface area contributed by atoms with Crippen molar-refractivity contribution in [2.45, 2.75) is 32.9 Å². The van der Waals surface area contributed by atoms with Crippen molar-refractivity contribution in [3.05, 3.63) is 76.6 Å². The largest absolute Gasteiger partial charge is 0.443 e. The fourth-order valence-corrected chi connectivity index (χ4v) is 2.69. The SMILES string of the molecule is CC(C)(C)OC(=O)N(Cc1cc([N+](=O)[O-])ccc1F)c1cncc(-c2ncccn2)c1. The summed E-state index contributed by atoms with van der Waals surface area (Å²) in [5.74, 6) is -0.294. The zero-order valence-corrected chi connectivity index (χ0v) is 17.2. The first-order chi connectivity index (χ1) is 14.6. The van der Waals surface area contributed by atoms with Crippen LogP contribution in [0.3, 0.4) is 0 Å². The van der Waals surface area contributed by atoms with Gasteiger partial charge in [0.2, 0.25) is 0 Å². The van der Waals surface area contributed by atoms with Crippen LogP contribution in [0.15, 0.2) is 55.1 Å². The number of nitrogens with zero attached hydrogens (tertiary/aromatic N) is 5. The lowest BCUT2D eigenvalue weighted by atomic mass is 10.1. The van der Waals surface area contributed by atoms with E-state index in [1.54, 1.807) is 45.3 Å². The van der Waals surface area contributed by atoms with Crippen molar-refractivity contribution in [1.82, 2.24) is 15.0 Å². The van der Waals surface area contributed by atoms with Crippen molar-refractivity contribution in [3.63, 3.8) is 0 Å². The predicted octanol–water partition coefficient (Wildman–Crippen LogP) is 4.53. The Balaban J connectivity index is 2.03. The quantitative estimate of drug-likeness (QED) is 0.436. The van der Waals surface area contributed by atoms with E-state index in [1.165, 1.54) is 12.4 Å². The predicted molar refractivity (Wildman–Crippen MR) is 111 cm³/mol. The van der Waals surface area contributed by atoms with Crippen LogP contribution in [0, 0.1) is 15.9 Å². The van der Waals surface area contributed by atoms with E-state index < -0.39 is 22.4 Å². The van der Waals surface area contributed by atoms with E-state index >= 15 is 0 Å². The number of ether oxygens (including phenoxy) is 1. The molecular weight excluding hydrogens is 405 g/mol. The smallest absolute Gasteiger partial charge is 0.415 e. The average molecular weight is 425 g/mol. The first-order valence-corrected chi connectivity index (χ1v) is 9.30. The molecule has 9 nitrogen and oxygen atoms in total. The van der Waals surface area contributed by atoms with Gasteiger partial charge in [-0.2, -0.15) is 0 Å². The van der Waals surface area contributed by atoms with Gasteiger partial charge in [0.05, 0.1) is 23.4 Å². The average Bonchev–Trinajstić information content (AvgIpc) is 2.72. The summed E-state index contributed by atoms with van der Waals surface area (Å²) in [5.41, 5.74) is -0.313. The molecule has 3 aromatic rings. The summed E-state index contributed by atoms with van der Waals surface area (Å²) < 4.78 is 19.9. The number of carbonyl (C=O) groups is 1. The molecular formula is C21H20FN5O4.